The number of hydrogen-bond donors (Lipinski definition) is 1. The third kappa shape index (κ3) is 9.25. The fraction of sp³-hybridized carbons (Fsp3) is 0.467. The Morgan fingerprint density at radius 2 is 1.75 bits per heavy atom. The van der Waals surface area contributed by atoms with Gasteiger partial charge in [-0.05, 0) is 63.4 Å². The van der Waals surface area contributed by atoms with Crippen LogP contribution < -0.4 is 4.74 Å². The number of para-hydroxylation sites is 1. The van der Waals surface area contributed by atoms with Crippen molar-refractivity contribution in [3.8, 4) is 5.75 Å². The van der Waals surface area contributed by atoms with Crippen molar-refractivity contribution in [1.82, 2.24) is 4.90 Å². The van der Waals surface area contributed by atoms with Crippen molar-refractivity contribution >= 4 is 11.8 Å². The van der Waals surface area contributed by atoms with Gasteiger partial charge < -0.3 is 14.6 Å². The van der Waals surface area contributed by atoms with Crippen LogP contribution in [0.4, 0.5) is 0 Å². The normalized spacial score (nSPS) is 19.8. The minimum Gasteiger partial charge on any atom is -0.494 e. The summed E-state index contributed by atoms with van der Waals surface area (Å²) in [4.78, 5) is 26.0. The highest BCUT2D eigenvalue weighted by Gasteiger charge is 2.44. The number of ether oxygens (including phenoxy) is 2. The van der Waals surface area contributed by atoms with Gasteiger partial charge in [-0.1, -0.05) is 60.7 Å². The highest BCUT2D eigenvalue weighted by atomic mass is 16.5. The van der Waals surface area contributed by atoms with E-state index in [1.807, 2.05) is 73.8 Å². The number of ketones is 1. The van der Waals surface area contributed by atoms with Gasteiger partial charge >= 0.3 is 5.97 Å². The Labute approximate surface area is 214 Å². The molecule has 3 atom stereocenters. The van der Waals surface area contributed by atoms with Crippen molar-refractivity contribution in [3.05, 3.63) is 78.4 Å². The van der Waals surface area contributed by atoms with Gasteiger partial charge in [-0.2, -0.15) is 0 Å². The first kappa shape index (κ1) is 27.6. The molecule has 0 aromatic heterocycles. The van der Waals surface area contributed by atoms with Crippen LogP contribution in [0.25, 0.3) is 0 Å². The summed E-state index contributed by atoms with van der Waals surface area (Å²) in [7, 11) is 2.03. The molecule has 0 bridgehead atoms. The summed E-state index contributed by atoms with van der Waals surface area (Å²) in [6.45, 7) is 1.96. The Bertz CT molecular complexity index is 946. The van der Waals surface area contributed by atoms with Crippen molar-refractivity contribution in [2.24, 2.45) is 5.92 Å². The Morgan fingerprint density at radius 1 is 1.03 bits per heavy atom. The highest BCUT2D eigenvalue weighted by molar-refractivity contribution is 5.87. The van der Waals surface area contributed by atoms with E-state index in [1.54, 1.807) is 0 Å². The van der Waals surface area contributed by atoms with Gasteiger partial charge in [0.15, 0.2) is 5.78 Å². The largest absolute Gasteiger partial charge is 0.494 e. The van der Waals surface area contributed by atoms with E-state index >= 15 is 0 Å². The molecular weight excluding hydrogens is 454 g/mol. The number of aliphatic carboxylic acids is 1. The molecule has 0 spiro atoms. The highest BCUT2D eigenvalue weighted by Crippen LogP contribution is 2.33. The van der Waals surface area contributed by atoms with Crippen LogP contribution in [0, 0.1) is 5.92 Å². The number of Topliss-reactive ketones (excluding diaryl/α,β-unsaturated/α-hetero) is 1. The van der Waals surface area contributed by atoms with Crippen molar-refractivity contribution in [2.75, 3.05) is 20.2 Å². The number of unbranched alkanes of at least 4 members (excludes halogenated alkanes) is 2. The molecule has 0 heterocycles. The molecule has 1 N–H and O–H groups in total. The maximum absolute atomic E-state index is 13.1. The smallest absolute Gasteiger partial charge is 0.303 e. The molecule has 0 amide bonds. The van der Waals surface area contributed by atoms with Crippen LogP contribution in [-0.4, -0.2) is 54.1 Å². The molecule has 36 heavy (non-hydrogen) atoms. The number of carbonyl (C=O) groups is 2. The predicted molar refractivity (Wildman–Crippen MR) is 141 cm³/mol. The first-order valence-corrected chi connectivity index (χ1v) is 13.0. The molecule has 1 aliphatic rings. The van der Waals surface area contributed by atoms with Crippen LogP contribution in [0.3, 0.4) is 0 Å². The van der Waals surface area contributed by atoms with Gasteiger partial charge in [-0.3, -0.25) is 14.5 Å². The zero-order chi connectivity index (χ0) is 25.6. The van der Waals surface area contributed by atoms with E-state index < -0.39 is 5.97 Å². The van der Waals surface area contributed by atoms with E-state index in [0.717, 1.165) is 43.5 Å². The summed E-state index contributed by atoms with van der Waals surface area (Å²) >= 11 is 0. The second-order valence-electron chi connectivity index (χ2n) is 9.46. The maximum atomic E-state index is 13.1. The molecule has 0 unspecified atom stereocenters. The molecule has 0 saturated heterocycles. The van der Waals surface area contributed by atoms with E-state index in [4.69, 9.17) is 14.6 Å². The number of benzene rings is 2. The third-order valence-corrected chi connectivity index (χ3v) is 6.65. The first-order valence-electron chi connectivity index (χ1n) is 13.0. The zero-order valence-electron chi connectivity index (χ0n) is 21.3. The lowest BCUT2D eigenvalue weighted by Crippen LogP contribution is -2.41. The summed E-state index contributed by atoms with van der Waals surface area (Å²) in [6.07, 6.45) is 8.56. The van der Waals surface area contributed by atoms with E-state index in [-0.39, 0.29) is 30.3 Å². The lowest BCUT2D eigenvalue weighted by atomic mass is 9.95. The third-order valence-electron chi connectivity index (χ3n) is 6.65. The van der Waals surface area contributed by atoms with Gasteiger partial charge in [0.1, 0.15) is 5.75 Å². The van der Waals surface area contributed by atoms with E-state index in [1.165, 1.54) is 0 Å². The molecule has 2 aromatic rings. The number of allylic oxidation sites excluding steroid dienone is 2. The number of carbonyl (C=O) groups excluding carboxylic acids is 1. The zero-order valence-corrected chi connectivity index (χ0v) is 21.3. The summed E-state index contributed by atoms with van der Waals surface area (Å²) in [5, 5.41) is 8.83. The average Bonchev–Trinajstić information content (AvgIpc) is 3.20. The van der Waals surface area contributed by atoms with Crippen molar-refractivity contribution < 1.29 is 24.2 Å². The van der Waals surface area contributed by atoms with E-state index in [2.05, 4.69) is 11.0 Å². The Kier molecular flexibility index (Phi) is 11.7. The molecule has 1 saturated carbocycles. The molecule has 3 rings (SSSR count). The van der Waals surface area contributed by atoms with Crippen LogP contribution in [0.5, 0.6) is 5.75 Å². The second kappa shape index (κ2) is 15.2. The summed E-state index contributed by atoms with van der Waals surface area (Å²) in [5.41, 5.74) is 1.10. The number of nitrogens with zero attached hydrogens (tertiary/aromatic N) is 1. The summed E-state index contributed by atoms with van der Waals surface area (Å²) < 4.78 is 12.1. The maximum Gasteiger partial charge on any atom is 0.303 e. The molecule has 6 nitrogen and oxygen atoms in total. The number of rotatable bonds is 16. The summed E-state index contributed by atoms with van der Waals surface area (Å²) in [6, 6.07) is 19.7. The second-order valence-corrected chi connectivity index (χ2v) is 9.46. The van der Waals surface area contributed by atoms with Crippen LogP contribution in [0.2, 0.25) is 0 Å². The molecule has 2 aromatic carbocycles. The van der Waals surface area contributed by atoms with Crippen LogP contribution in [-0.2, 0) is 20.9 Å². The molecule has 1 aliphatic carbocycles. The first-order chi connectivity index (χ1) is 17.5. The SMILES string of the molecule is CN(CCCCOc1ccccc1)[C@@H]1C(=O)C[C@@H](OCc2ccccc2)[C@H]1CC=CCCCC(=O)O. The van der Waals surface area contributed by atoms with Crippen molar-refractivity contribution in [1.29, 1.82) is 0 Å². The molecule has 6 heteroatoms. The minimum absolute atomic E-state index is 0.0718. The van der Waals surface area contributed by atoms with Gasteiger partial charge in [0.2, 0.25) is 0 Å². The Hall–Kier alpha value is -2.96. The van der Waals surface area contributed by atoms with Gasteiger partial charge in [0.05, 0.1) is 25.4 Å². The number of carboxylic acids is 1. The topological polar surface area (TPSA) is 76.1 Å². The lowest BCUT2D eigenvalue weighted by molar-refractivity contribution is -0.137. The van der Waals surface area contributed by atoms with Crippen molar-refractivity contribution in [2.45, 2.75) is 63.7 Å². The summed E-state index contributed by atoms with van der Waals surface area (Å²) in [5.74, 6) is 0.420. The Balaban J connectivity index is 1.53. The van der Waals surface area contributed by atoms with Crippen LogP contribution in [0.1, 0.15) is 50.5 Å². The van der Waals surface area contributed by atoms with Gasteiger partial charge in [-0.25, -0.2) is 0 Å². The lowest BCUT2D eigenvalue weighted by Gasteiger charge is -2.30. The number of hydrogen-bond acceptors (Lipinski definition) is 5. The quantitative estimate of drug-likeness (QED) is 0.245. The number of carboxylic acid groups (broad SMARTS) is 1. The predicted octanol–water partition coefficient (Wildman–Crippen LogP) is 5.52. The van der Waals surface area contributed by atoms with Gasteiger partial charge in [0.25, 0.3) is 0 Å². The fourth-order valence-electron chi connectivity index (χ4n) is 4.78. The Morgan fingerprint density at radius 3 is 2.47 bits per heavy atom. The van der Waals surface area contributed by atoms with Crippen LogP contribution in [0.15, 0.2) is 72.8 Å². The van der Waals surface area contributed by atoms with Gasteiger partial charge in [-0.15, -0.1) is 0 Å². The van der Waals surface area contributed by atoms with Gasteiger partial charge in [0, 0.05) is 18.8 Å². The average molecular weight is 494 g/mol. The molecule has 0 radical (unpaired) electrons. The van der Waals surface area contributed by atoms with E-state index in [0.29, 0.717) is 26.1 Å². The standard InChI is InChI=1S/C30H39NO5/c1-31(20-12-13-21-35-25-16-8-5-9-17-25)30-26(18-10-2-3-11-19-29(33)34)28(22-27(30)32)36-23-24-14-6-4-7-15-24/h2,4-10,14-17,26,28,30H,3,11-13,18-23H2,1H3,(H,33,34)/t26-,28-,30+/m1/s1. The monoisotopic (exact) mass is 493 g/mol. The van der Waals surface area contributed by atoms with Crippen LogP contribution >= 0.6 is 0 Å². The molecule has 194 valence electrons. The molecule has 0 aliphatic heterocycles. The van der Waals surface area contributed by atoms with Crippen molar-refractivity contribution in [3.63, 3.8) is 0 Å². The minimum atomic E-state index is -0.768. The fourth-order valence-corrected chi connectivity index (χ4v) is 4.78. The van der Waals surface area contributed by atoms with E-state index in [9.17, 15) is 9.59 Å². The molecule has 1 fully saturated rings. The molecular formula is C30H39NO5. The number of likely N-dealkylation sites (N-methyl/N-ethyl adjacent to an activating group) is 1.